The fraction of sp³-hybridized carbons (Fsp3) is 0.276. The number of aromatic nitrogens is 2. The molecular formula is C29H32ClN3O3. The van der Waals surface area contributed by atoms with Crippen LogP contribution in [0.15, 0.2) is 84.9 Å². The standard InChI is InChI=1S/C29H32ClN3O3/c1-22-26(21-32(17-18-35-2)20-25(34)19-23-11-5-3-6-12-23)29(36-28-16-10-9-15-27(28)30)33(31-22)24-13-7-4-8-14-24/h3-16,25,34H,17-21H2,1-2H3/t25-/m1/s1. The highest BCUT2D eigenvalue weighted by Crippen LogP contribution is 2.34. The number of para-hydroxylation sites is 2. The number of methoxy groups -OCH3 is 1. The highest BCUT2D eigenvalue weighted by molar-refractivity contribution is 6.32. The topological polar surface area (TPSA) is 59.8 Å². The SMILES string of the molecule is COCCN(Cc1c(C)nn(-c2ccccc2)c1Oc1ccccc1Cl)C[C@H](O)Cc1ccccc1. The van der Waals surface area contributed by atoms with E-state index in [1.54, 1.807) is 13.2 Å². The van der Waals surface area contributed by atoms with Crippen molar-refractivity contribution in [3.05, 3.63) is 107 Å². The molecule has 6 nitrogen and oxygen atoms in total. The monoisotopic (exact) mass is 505 g/mol. The summed E-state index contributed by atoms with van der Waals surface area (Å²) in [6.45, 7) is 4.20. The fourth-order valence-electron chi connectivity index (χ4n) is 4.13. The van der Waals surface area contributed by atoms with Crippen molar-refractivity contribution >= 4 is 11.6 Å². The van der Waals surface area contributed by atoms with E-state index in [1.165, 1.54) is 0 Å². The second kappa shape index (κ2) is 12.7. The Labute approximate surface area is 217 Å². The van der Waals surface area contributed by atoms with Crippen LogP contribution in [-0.2, 0) is 17.7 Å². The van der Waals surface area contributed by atoms with Gasteiger partial charge in [-0.3, -0.25) is 4.90 Å². The summed E-state index contributed by atoms with van der Waals surface area (Å²) >= 11 is 6.44. The van der Waals surface area contributed by atoms with Gasteiger partial charge in [0.2, 0.25) is 5.88 Å². The predicted octanol–water partition coefficient (Wildman–Crippen LogP) is 5.68. The largest absolute Gasteiger partial charge is 0.437 e. The molecule has 0 fully saturated rings. The first-order valence-corrected chi connectivity index (χ1v) is 12.4. The van der Waals surface area contributed by atoms with Crippen LogP contribution in [0.3, 0.4) is 0 Å². The fourth-order valence-corrected chi connectivity index (χ4v) is 4.30. The lowest BCUT2D eigenvalue weighted by Gasteiger charge is -2.25. The minimum Gasteiger partial charge on any atom is -0.437 e. The number of aryl methyl sites for hydroxylation is 1. The van der Waals surface area contributed by atoms with Crippen LogP contribution >= 0.6 is 11.6 Å². The van der Waals surface area contributed by atoms with Crippen LogP contribution < -0.4 is 4.74 Å². The van der Waals surface area contributed by atoms with Crippen LogP contribution in [-0.4, -0.2) is 52.7 Å². The molecule has 0 aliphatic rings. The van der Waals surface area contributed by atoms with Crippen molar-refractivity contribution < 1.29 is 14.6 Å². The molecule has 1 aromatic heterocycles. The van der Waals surface area contributed by atoms with E-state index < -0.39 is 6.10 Å². The van der Waals surface area contributed by atoms with Crippen molar-refractivity contribution in [2.45, 2.75) is 26.0 Å². The van der Waals surface area contributed by atoms with Gasteiger partial charge in [-0.2, -0.15) is 5.10 Å². The van der Waals surface area contributed by atoms with Gasteiger partial charge in [-0.1, -0.05) is 72.3 Å². The van der Waals surface area contributed by atoms with E-state index in [1.807, 2.05) is 90.5 Å². The molecule has 0 amide bonds. The molecule has 36 heavy (non-hydrogen) atoms. The minimum atomic E-state index is -0.526. The maximum absolute atomic E-state index is 10.9. The quantitative estimate of drug-likeness (QED) is 0.268. The number of aliphatic hydroxyl groups excluding tert-OH is 1. The van der Waals surface area contributed by atoms with E-state index in [2.05, 4.69) is 4.90 Å². The van der Waals surface area contributed by atoms with Gasteiger partial charge in [0.25, 0.3) is 0 Å². The van der Waals surface area contributed by atoms with Gasteiger partial charge in [-0.05, 0) is 43.2 Å². The van der Waals surface area contributed by atoms with Crippen LogP contribution in [0.4, 0.5) is 0 Å². The summed E-state index contributed by atoms with van der Waals surface area (Å²) in [5.41, 5.74) is 3.77. The van der Waals surface area contributed by atoms with Gasteiger partial charge in [0.05, 0.1) is 34.7 Å². The molecule has 0 unspecified atom stereocenters. The highest BCUT2D eigenvalue weighted by atomic mass is 35.5. The first kappa shape index (κ1) is 25.9. The molecular weight excluding hydrogens is 474 g/mol. The molecule has 0 radical (unpaired) electrons. The van der Waals surface area contributed by atoms with Gasteiger partial charge in [-0.15, -0.1) is 0 Å². The lowest BCUT2D eigenvalue weighted by atomic mass is 10.1. The molecule has 1 N–H and O–H groups in total. The molecule has 1 atom stereocenters. The molecule has 0 aliphatic heterocycles. The smallest absolute Gasteiger partial charge is 0.227 e. The molecule has 1 heterocycles. The Morgan fingerprint density at radius 3 is 2.33 bits per heavy atom. The van der Waals surface area contributed by atoms with Crippen LogP contribution in [0.1, 0.15) is 16.8 Å². The summed E-state index contributed by atoms with van der Waals surface area (Å²) in [7, 11) is 1.68. The molecule has 4 rings (SSSR count). The predicted molar refractivity (Wildman–Crippen MR) is 143 cm³/mol. The summed E-state index contributed by atoms with van der Waals surface area (Å²) < 4.78 is 13.6. The third-order valence-corrected chi connectivity index (χ3v) is 6.27. The normalized spacial score (nSPS) is 12.1. The van der Waals surface area contributed by atoms with E-state index in [4.69, 9.17) is 26.2 Å². The average Bonchev–Trinajstić information content (AvgIpc) is 3.19. The van der Waals surface area contributed by atoms with Crippen molar-refractivity contribution in [3.63, 3.8) is 0 Å². The van der Waals surface area contributed by atoms with E-state index in [0.29, 0.717) is 49.3 Å². The third-order valence-electron chi connectivity index (χ3n) is 5.96. The Kier molecular flexibility index (Phi) is 9.14. The second-order valence-electron chi connectivity index (χ2n) is 8.72. The number of halogens is 1. The number of hydrogen-bond acceptors (Lipinski definition) is 5. The summed E-state index contributed by atoms with van der Waals surface area (Å²) in [6.07, 6.45) is 0.0527. The number of hydrogen-bond donors (Lipinski definition) is 1. The molecule has 0 spiro atoms. The third kappa shape index (κ3) is 6.74. The summed E-state index contributed by atoms with van der Waals surface area (Å²) in [5, 5.41) is 16.2. The van der Waals surface area contributed by atoms with Crippen LogP contribution in [0.2, 0.25) is 5.02 Å². The minimum absolute atomic E-state index is 0.486. The summed E-state index contributed by atoms with van der Waals surface area (Å²) in [6, 6.07) is 27.3. The highest BCUT2D eigenvalue weighted by Gasteiger charge is 2.23. The van der Waals surface area contributed by atoms with Gasteiger partial charge in [-0.25, -0.2) is 4.68 Å². The number of ether oxygens (including phenoxy) is 2. The maximum Gasteiger partial charge on any atom is 0.227 e. The average molecular weight is 506 g/mol. The van der Waals surface area contributed by atoms with Gasteiger partial charge in [0.15, 0.2) is 0 Å². The van der Waals surface area contributed by atoms with E-state index in [9.17, 15) is 5.11 Å². The molecule has 0 bridgehead atoms. The summed E-state index contributed by atoms with van der Waals surface area (Å²) in [4.78, 5) is 2.18. The Hall–Kier alpha value is -3.16. The number of nitrogens with zero attached hydrogens (tertiary/aromatic N) is 3. The molecule has 0 saturated heterocycles. The van der Waals surface area contributed by atoms with Gasteiger partial charge in [0.1, 0.15) is 5.75 Å². The second-order valence-corrected chi connectivity index (χ2v) is 9.13. The lowest BCUT2D eigenvalue weighted by molar-refractivity contribution is 0.0846. The summed E-state index contributed by atoms with van der Waals surface area (Å²) in [5.74, 6) is 1.16. The number of benzene rings is 3. The zero-order valence-corrected chi connectivity index (χ0v) is 21.4. The van der Waals surface area contributed by atoms with Crippen molar-refractivity contribution in [2.24, 2.45) is 0 Å². The van der Waals surface area contributed by atoms with Crippen molar-refractivity contribution in [2.75, 3.05) is 26.8 Å². The first-order valence-electron chi connectivity index (χ1n) is 12.0. The molecule has 188 valence electrons. The maximum atomic E-state index is 10.9. The number of aliphatic hydroxyl groups is 1. The van der Waals surface area contributed by atoms with Gasteiger partial charge < -0.3 is 14.6 Å². The van der Waals surface area contributed by atoms with Crippen LogP contribution in [0.5, 0.6) is 11.6 Å². The van der Waals surface area contributed by atoms with Crippen molar-refractivity contribution in [1.29, 1.82) is 0 Å². The Bertz CT molecular complexity index is 1230. The first-order chi connectivity index (χ1) is 17.5. The van der Waals surface area contributed by atoms with E-state index in [-0.39, 0.29) is 0 Å². The molecule has 0 aliphatic carbocycles. The number of rotatable bonds is 12. The molecule has 4 aromatic rings. The van der Waals surface area contributed by atoms with Crippen molar-refractivity contribution in [3.8, 4) is 17.3 Å². The molecule has 0 saturated carbocycles. The Morgan fingerprint density at radius 2 is 1.64 bits per heavy atom. The van der Waals surface area contributed by atoms with Crippen LogP contribution in [0, 0.1) is 6.92 Å². The van der Waals surface area contributed by atoms with E-state index >= 15 is 0 Å². The van der Waals surface area contributed by atoms with E-state index in [0.717, 1.165) is 22.5 Å². The Morgan fingerprint density at radius 1 is 0.972 bits per heavy atom. The van der Waals surface area contributed by atoms with Gasteiger partial charge in [0, 0.05) is 26.7 Å². The zero-order chi connectivity index (χ0) is 25.3. The Balaban J connectivity index is 1.64. The lowest BCUT2D eigenvalue weighted by Crippen LogP contribution is -2.35. The molecule has 7 heteroatoms. The van der Waals surface area contributed by atoms with Crippen LogP contribution in [0.25, 0.3) is 5.69 Å². The molecule has 3 aromatic carbocycles. The van der Waals surface area contributed by atoms with Gasteiger partial charge >= 0.3 is 0 Å². The zero-order valence-electron chi connectivity index (χ0n) is 20.7. The van der Waals surface area contributed by atoms with Crippen molar-refractivity contribution in [1.82, 2.24) is 14.7 Å².